The lowest BCUT2D eigenvalue weighted by Crippen LogP contribution is -2.25. The maximum absolute atomic E-state index is 13.0. The van der Waals surface area contributed by atoms with Crippen LogP contribution in [-0.4, -0.2) is 29.1 Å². The number of fused-ring (bicyclic) bond motifs is 1. The van der Waals surface area contributed by atoms with Crippen LogP contribution in [0.3, 0.4) is 0 Å². The molecule has 5 rings (SSSR count). The number of para-hydroxylation sites is 4. The number of benzene rings is 3. The second-order valence-corrected chi connectivity index (χ2v) is 8.19. The highest BCUT2D eigenvalue weighted by Crippen LogP contribution is 2.37. The molecular formula is C25H22ClN3O2. The molecule has 5 nitrogen and oxygen atoms in total. The van der Waals surface area contributed by atoms with Crippen LogP contribution >= 0.6 is 11.6 Å². The largest absolute Gasteiger partial charge is 0.495 e. The van der Waals surface area contributed by atoms with E-state index in [0.29, 0.717) is 30.3 Å². The van der Waals surface area contributed by atoms with Gasteiger partial charge in [-0.05, 0) is 42.0 Å². The number of hydrogen-bond donors (Lipinski definition) is 0. The van der Waals surface area contributed by atoms with Gasteiger partial charge in [0.25, 0.3) is 0 Å². The van der Waals surface area contributed by atoms with Gasteiger partial charge in [-0.2, -0.15) is 0 Å². The van der Waals surface area contributed by atoms with Crippen molar-refractivity contribution >= 4 is 34.2 Å². The first-order valence-corrected chi connectivity index (χ1v) is 10.6. The van der Waals surface area contributed by atoms with Gasteiger partial charge in [-0.15, -0.1) is 0 Å². The first-order chi connectivity index (χ1) is 15.1. The molecule has 0 radical (unpaired) electrons. The fourth-order valence-electron chi connectivity index (χ4n) is 4.31. The van der Waals surface area contributed by atoms with E-state index in [2.05, 4.69) is 10.6 Å². The Hall–Kier alpha value is -3.31. The number of carbonyl (C=O) groups is 1. The molecule has 6 heteroatoms. The topological polar surface area (TPSA) is 47.4 Å². The summed E-state index contributed by atoms with van der Waals surface area (Å²) in [6, 6.07) is 23.6. The minimum absolute atomic E-state index is 0.00267. The third-order valence-corrected chi connectivity index (χ3v) is 6.06. The van der Waals surface area contributed by atoms with E-state index in [-0.39, 0.29) is 11.8 Å². The number of anilines is 1. The normalized spacial score (nSPS) is 16.3. The van der Waals surface area contributed by atoms with Gasteiger partial charge in [-0.1, -0.05) is 48.0 Å². The van der Waals surface area contributed by atoms with Crippen molar-refractivity contribution in [3.05, 3.63) is 89.2 Å². The summed E-state index contributed by atoms with van der Waals surface area (Å²) < 4.78 is 7.71. The molecule has 3 aromatic carbocycles. The molecule has 4 aromatic rings. The van der Waals surface area contributed by atoms with Gasteiger partial charge >= 0.3 is 0 Å². The third kappa shape index (κ3) is 3.66. The van der Waals surface area contributed by atoms with E-state index >= 15 is 0 Å². The molecule has 2 heterocycles. The smallest absolute Gasteiger partial charge is 0.227 e. The van der Waals surface area contributed by atoms with Gasteiger partial charge < -0.3 is 14.2 Å². The van der Waals surface area contributed by atoms with E-state index < -0.39 is 0 Å². The number of hydrogen-bond acceptors (Lipinski definition) is 3. The van der Waals surface area contributed by atoms with Crippen molar-refractivity contribution < 1.29 is 9.53 Å². The van der Waals surface area contributed by atoms with Gasteiger partial charge in [0, 0.05) is 30.5 Å². The van der Waals surface area contributed by atoms with Gasteiger partial charge in [0.1, 0.15) is 11.6 Å². The molecular weight excluding hydrogens is 410 g/mol. The highest BCUT2D eigenvalue weighted by molar-refractivity contribution is 6.30. The molecule has 0 aliphatic carbocycles. The molecule has 31 heavy (non-hydrogen) atoms. The number of aromatic nitrogens is 2. The quantitative estimate of drug-likeness (QED) is 0.432. The molecule has 1 amide bonds. The SMILES string of the molecule is COc1ccccc1N1C[C@@H](c2nc3ccccc3n2Cc2ccc(Cl)cc2)CC1=O. The van der Waals surface area contributed by atoms with Crippen LogP contribution in [0.1, 0.15) is 23.7 Å². The second-order valence-electron chi connectivity index (χ2n) is 7.75. The fourth-order valence-corrected chi connectivity index (χ4v) is 4.44. The average Bonchev–Trinajstić information content (AvgIpc) is 3.36. The van der Waals surface area contributed by atoms with E-state index in [4.69, 9.17) is 21.3 Å². The van der Waals surface area contributed by atoms with E-state index in [1.807, 2.05) is 71.6 Å². The lowest BCUT2D eigenvalue weighted by Gasteiger charge is -2.20. The van der Waals surface area contributed by atoms with Gasteiger partial charge in [-0.25, -0.2) is 4.98 Å². The zero-order valence-corrected chi connectivity index (χ0v) is 17.9. The van der Waals surface area contributed by atoms with E-state index in [1.165, 1.54) is 0 Å². The number of halogens is 1. The molecule has 1 saturated heterocycles. The maximum Gasteiger partial charge on any atom is 0.227 e. The van der Waals surface area contributed by atoms with Gasteiger partial charge in [0.15, 0.2) is 0 Å². The van der Waals surface area contributed by atoms with Crippen molar-refractivity contribution in [1.82, 2.24) is 9.55 Å². The van der Waals surface area contributed by atoms with Crippen LogP contribution < -0.4 is 9.64 Å². The zero-order chi connectivity index (χ0) is 21.4. The third-order valence-electron chi connectivity index (χ3n) is 5.80. The zero-order valence-electron chi connectivity index (χ0n) is 17.2. The van der Waals surface area contributed by atoms with Crippen LogP contribution in [0.25, 0.3) is 11.0 Å². The Bertz CT molecular complexity index is 1250. The Balaban J connectivity index is 1.53. The molecule has 156 valence electrons. The predicted molar refractivity (Wildman–Crippen MR) is 123 cm³/mol. The van der Waals surface area contributed by atoms with Crippen LogP contribution in [-0.2, 0) is 11.3 Å². The fraction of sp³-hybridized carbons (Fsp3) is 0.200. The summed E-state index contributed by atoms with van der Waals surface area (Å²) in [5.74, 6) is 1.71. The Kier molecular flexibility index (Phi) is 5.12. The summed E-state index contributed by atoms with van der Waals surface area (Å²) >= 11 is 6.07. The summed E-state index contributed by atoms with van der Waals surface area (Å²) in [4.78, 5) is 19.7. The number of imidazole rings is 1. The molecule has 0 N–H and O–H groups in total. The summed E-state index contributed by atoms with van der Waals surface area (Å²) in [6.45, 7) is 1.25. The molecule has 0 saturated carbocycles. The molecule has 1 aliphatic rings. The monoisotopic (exact) mass is 431 g/mol. The van der Waals surface area contributed by atoms with E-state index in [0.717, 1.165) is 28.1 Å². The first-order valence-electron chi connectivity index (χ1n) is 10.3. The summed E-state index contributed by atoms with van der Waals surface area (Å²) in [5.41, 5.74) is 3.95. The van der Waals surface area contributed by atoms with Crippen molar-refractivity contribution in [1.29, 1.82) is 0 Å². The van der Waals surface area contributed by atoms with Crippen LogP contribution in [0.5, 0.6) is 5.75 Å². The Morgan fingerprint density at radius 3 is 2.58 bits per heavy atom. The lowest BCUT2D eigenvalue weighted by molar-refractivity contribution is -0.117. The van der Waals surface area contributed by atoms with Crippen molar-refractivity contribution in [2.24, 2.45) is 0 Å². The van der Waals surface area contributed by atoms with Crippen molar-refractivity contribution in [3.8, 4) is 5.75 Å². The number of amides is 1. The van der Waals surface area contributed by atoms with Crippen LogP contribution in [0.15, 0.2) is 72.8 Å². The molecule has 1 fully saturated rings. The van der Waals surface area contributed by atoms with Crippen LogP contribution in [0.4, 0.5) is 5.69 Å². The summed E-state index contributed by atoms with van der Waals surface area (Å²) in [6.07, 6.45) is 0.419. The van der Waals surface area contributed by atoms with E-state index in [9.17, 15) is 4.79 Å². The number of carbonyl (C=O) groups excluding carboxylic acids is 1. The van der Waals surface area contributed by atoms with Crippen LogP contribution in [0.2, 0.25) is 5.02 Å². The highest BCUT2D eigenvalue weighted by Gasteiger charge is 2.35. The number of ether oxygens (including phenoxy) is 1. The molecule has 1 aromatic heterocycles. The molecule has 1 atom stereocenters. The first kappa shape index (κ1) is 19.6. The molecule has 0 spiro atoms. The average molecular weight is 432 g/mol. The highest BCUT2D eigenvalue weighted by atomic mass is 35.5. The van der Waals surface area contributed by atoms with Crippen LogP contribution in [0, 0.1) is 0 Å². The Labute approximate surface area is 185 Å². The number of nitrogens with zero attached hydrogens (tertiary/aromatic N) is 3. The van der Waals surface area contributed by atoms with Gasteiger partial charge in [-0.3, -0.25) is 4.79 Å². The molecule has 0 bridgehead atoms. The lowest BCUT2D eigenvalue weighted by atomic mass is 10.1. The Morgan fingerprint density at radius 1 is 1.03 bits per heavy atom. The van der Waals surface area contributed by atoms with Gasteiger partial charge in [0.2, 0.25) is 5.91 Å². The standard InChI is InChI=1S/C25H22ClN3O2/c1-31-23-9-5-4-8-22(23)28-16-18(14-24(28)30)25-27-20-6-2-3-7-21(20)29(25)15-17-10-12-19(26)13-11-17/h2-13,18H,14-16H2,1H3/t18-/m0/s1. The molecule has 0 unspecified atom stereocenters. The molecule has 1 aliphatic heterocycles. The van der Waals surface area contributed by atoms with Crippen molar-refractivity contribution in [2.75, 3.05) is 18.6 Å². The second kappa shape index (κ2) is 8.08. The number of methoxy groups -OCH3 is 1. The summed E-state index contributed by atoms with van der Waals surface area (Å²) in [5, 5.41) is 0.716. The van der Waals surface area contributed by atoms with Gasteiger partial charge in [0.05, 0.1) is 23.8 Å². The Morgan fingerprint density at radius 2 is 1.77 bits per heavy atom. The summed E-state index contributed by atoms with van der Waals surface area (Å²) in [7, 11) is 1.63. The predicted octanol–water partition coefficient (Wildman–Crippen LogP) is 5.27. The minimum atomic E-state index is -0.00267. The minimum Gasteiger partial charge on any atom is -0.495 e. The number of rotatable bonds is 5. The van der Waals surface area contributed by atoms with E-state index in [1.54, 1.807) is 7.11 Å². The maximum atomic E-state index is 13.0. The van der Waals surface area contributed by atoms with Crippen molar-refractivity contribution in [3.63, 3.8) is 0 Å². The van der Waals surface area contributed by atoms with Crippen molar-refractivity contribution in [2.45, 2.75) is 18.9 Å².